The average molecular weight is 305 g/mol. The standard InChI is InChI=1S/C10H11NO4S3/c1-3-6-5-7(8-11-17-10(12)15-8)9(16-6)18(13,14)4-2/h5H,3-4H2,1-2H3. The first-order chi connectivity index (χ1) is 8.47. The van der Waals surface area contributed by atoms with Gasteiger partial charge >= 0.3 is 4.94 Å². The molecule has 5 nitrogen and oxygen atoms in total. The van der Waals surface area contributed by atoms with E-state index in [-0.39, 0.29) is 15.9 Å². The molecule has 0 amide bonds. The summed E-state index contributed by atoms with van der Waals surface area (Å²) in [7, 11) is -3.34. The molecule has 2 aromatic rings. The fraction of sp³-hybridized carbons (Fsp3) is 0.400. The predicted molar refractivity (Wildman–Crippen MR) is 71.1 cm³/mol. The topological polar surface area (TPSA) is 77.2 Å². The second kappa shape index (κ2) is 4.94. The van der Waals surface area contributed by atoms with Gasteiger partial charge in [0.25, 0.3) is 0 Å². The molecule has 2 rings (SSSR count). The van der Waals surface area contributed by atoms with E-state index in [0.29, 0.717) is 17.1 Å². The minimum atomic E-state index is -3.34. The Bertz CT molecular complexity index is 708. The van der Waals surface area contributed by atoms with E-state index >= 15 is 0 Å². The number of hydrogen-bond donors (Lipinski definition) is 0. The zero-order chi connectivity index (χ0) is 13.3. The molecule has 0 bridgehead atoms. The van der Waals surface area contributed by atoms with Crippen molar-refractivity contribution in [2.45, 2.75) is 24.5 Å². The summed E-state index contributed by atoms with van der Waals surface area (Å²) in [5, 5.41) is 0. The molecule has 98 valence electrons. The van der Waals surface area contributed by atoms with Crippen LogP contribution < -0.4 is 4.94 Å². The lowest BCUT2D eigenvalue weighted by molar-refractivity contribution is 0.541. The molecule has 2 aromatic heterocycles. The van der Waals surface area contributed by atoms with Gasteiger partial charge in [-0.3, -0.25) is 0 Å². The van der Waals surface area contributed by atoms with Crippen LogP contribution in [0.2, 0.25) is 0 Å². The Morgan fingerprint density at radius 1 is 1.39 bits per heavy atom. The van der Waals surface area contributed by atoms with E-state index in [4.69, 9.17) is 4.42 Å². The first kappa shape index (κ1) is 13.4. The van der Waals surface area contributed by atoms with Crippen LogP contribution in [-0.2, 0) is 16.3 Å². The van der Waals surface area contributed by atoms with Gasteiger partial charge in [-0.05, 0) is 12.5 Å². The number of aromatic nitrogens is 1. The highest BCUT2D eigenvalue weighted by molar-refractivity contribution is 7.93. The van der Waals surface area contributed by atoms with Crippen molar-refractivity contribution in [3.8, 4) is 11.5 Å². The zero-order valence-electron chi connectivity index (χ0n) is 9.80. The smallest absolute Gasteiger partial charge is 0.394 e. The third-order valence-electron chi connectivity index (χ3n) is 2.37. The Morgan fingerprint density at radius 2 is 2.11 bits per heavy atom. The third-order valence-corrected chi connectivity index (χ3v) is 6.49. The molecule has 0 fully saturated rings. The normalized spacial score (nSPS) is 11.9. The molecule has 2 heterocycles. The number of sulfone groups is 1. The molecule has 8 heteroatoms. The van der Waals surface area contributed by atoms with Gasteiger partial charge in [0.15, 0.2) is 9.84 Å². The Balaban J connectivity index is 2.67. The van der Waals surface area contributed by atoms with E-state index < -0.39 is 14.8 Å². The molecule has 0 aromatic carbocycles. The maximum atomic E-state index is 12.0. The van der Waals surface area contributed by atoms with E-state index in [2.05, 4.69) is 4.37 Å². The molecular formula is C10H11NO4S3. The Kier molecular flexibility index (Phi) is 3.69. The van der Waals surface area contributed by atoms with Crippen LogP contribution in [0.4, 0.5) is 0 Å². The second-order valence-electron chi connectivity index (χ2n) is 3.51. The Labute approximate surface area is 112 Å². The molecule has 0 saturated heterocycles. The molecule has 0 unspecified atom stereocenters. The first-order valence-corrected chi connectivity index (χ1v) is 8.54. The molecule has 0 saturated carbocycles. The molecule has 0 aliphatic carbocycles. The lowest BCUT2D eigenvalue weighted by Gasteiger charge is -1.98. The molecule has 0 atom stereocenters. The molecule has 0 N–H and O–H groups in total. The van der Waals surface area contributed by atoms with Crippen molar-refractivity contribution in [3.63, 3.8) is 0 Å². The van der Waals surface area contributed by atoms with Crippen LogP contribution in [-0.4, -0.2) is 18.5 Å². The number of thiophene rings is 1. The quantitative estimate of drug-likeness (QED) is 0.865. The van der Waals surface area contributed by atoms with Gasteiger partial charge in [-0.25, -0.2) is 13.2 Å². The average Bonchev–Trinajstić information content (AvgIpc) is 2.94. The van der Waals surface area contributed by atoms with Crippen molar-refractivity contribution in [1.82, 2.24) is 4.37 Å². The fourth-order valence-corrected chi connectivity index (χ4v) is 4.56. The summed E-state index contributed by atoms with van der Waals surface area (Å²) in [6.45, 7) is 3.52. The van der Waals surface area contributed by atoms with E-state index in [1.807, 2.05) is 6.92 Å². The first-order valence-electron chi connectivity index (χ1n) is 5.30. The maximum Gasteiger partial charge on any atom is 0.414 e. The molecular weight excluding hydrogens is 294 g/mol. The largest absolute Gasteiger partial charge is 0.414 e. The lowest BCUT2D eigenvalue weighted by Crippen LogP contribution is -2.02. The van der Waals surface area contributed by atoms with Crippen molar-refractivity contribution >= 4 is 32.7 Å². The van der Waals surface area contributed by atoms with E-state index in [1.165, 1.54) is 11.3 Å². The third kappa shape index (κ3) is 2.40. The van der Waals surface area contributed by atoms with Crippen molar-refractivity contribution in [2.75, 3.05) is 5.75 Å². The van der Waals surface area contributed by atoms with Gasteiger partial charge in [0, 0.05) is 4.88 Å². The van der Waals surface area contributed by atoms with Crippen molar-refractivity contribution in [3.05, 3.63) is 20.7 Å². The highest BCUT2D eigenvalue weighted by Crippen LogP contribution is 2.35. The molecule has 0 aliphatic heterocycles. The minimum absolute atomic E-state index is 0.0119. The summed E-state index contributed by atoms with van der Waals surface area (Å²) < 4.78 is 33.0. The van der Waals surface area contributed by atoms with E-state index in [9.17, 15) is 13.2 Å². The van der Waals surface area contributed by atoms with Crippen molar-refractivity contribution < 1.29 is 12.8 Å². The summed E-state index contributed by atoms with van der Waals surface area (Å²) in [4.78, 5) is 11.4. The fourth-order valence-electron chi connectivity index (χ4n) is 1.41. The second-order valence-corrected chi connectivity index (χ2v) is 7.82. The highest BCUT2D eigenvalue weighted by atomic mass is 32.2. The molecule has 18 heavy (non-hydrogen) atoms. The summed E-state index contributed by atoms with van der Waals surface area (Å²) in [5.74, 6) is 0.103. The number of aryl methyl sites for hydroxylation is 1. The number of nitrogens with zero attached hydrogens (tertiary/aromatic N) is 1. The lowest BCUT2D eigenvalue weighted by atomic mass is 10.3. The molecule has 0 aliphatic rings. The van der Waals surface area contributed by atoms with Gasteiger partial charge in [-0.15, -0.1) is 15.7 Å². The summed E-state index contributed by atoms with van der Waals surface area (Å²) in [6, 6.07) is 1.73. The van der Waals surface area contributed by atoms with Crippen LogP contribution >= 0.6 is 22.9 Å². The SMILES string of the molecule is CCc1cc(-c2nsc(=O)o2)c(S(=O)(=O)CC)s1. The Hall–Kier alpha value is -0.990. The summed E-state index contributed by atoms with van der Waals surface area (Å²) in [6.07, 6.45) is 0.727. The predicted octanol–water partition coefficient (Wildman–Crippen LogP) is 2.18. The van der Waals surface area contributed by atoms with Crippen LogP contribution in [0.1, 0.15) is 18.7 Å². The maximum absolute atomic E-state index is 12.0. The van der Waals surface area contributed by atoms with E-state index in [0.717, 1.165) is 11.3 Å². The van der Waals surface area contributed by atoms with Gasteiger partial charge in [0.1, 0.15) is 4.21 Å². The van der Waals surface area contributed by atoms with E-state index in [1.54, 1.807) is 13.0 Å². The molecule has 0 spiro atoms. The van der Waals surface area contributed by atoms with Crippen LogP contribution in [0.5, 0.6) is 0 Å². The van der Waals surface area contributed by atoms with Crippen molar-refractivity contribution in [2.24, 2.45) is 0 Å². The van der Waals surface area contributed by atoms with Crippen LogP contribution in [0, 0.1) is 0 Å². The minimum Gasteiger partial charge on any atom is -0.394 e. The van der Waals surface area contributed by atoms with Gasteiger partial charge in [0.05, 0.1) is 22.8 Å². The van der Waals surface area contributed by atoms with Crippen LogP contribution in [0.15, 0.2) is 19.5 Å². The summed E-state index contributed by atoms with van der Waals surface area (Å²) >= 11 is 1.89. The van der Waals surface area contributed by atoms with Crippen molar-refractivity contribution in [1.29, 1.82) is 0 Å². The van der Waals surface area contributed by atoms with Gasteiger partial charge < -0.3 is 4.42 Å². The van der Waals surface area contributed by atoms with Crippen LogP contribution in [0.25, 0.3) is 11.5 Å². The molecule has 0 radical (unpaired) electrons. The number of hydrogen-bond acceptors (Lipinski definition) is 7. The van der Waals surface area contributed by atoms with Gasteiger partial charge in [-0.2, -0.15) is 0 Å². The zero-order valence-corrected chi connectivity index (χ0v) is 12.2. The monoisotopic (exact) mass is 305 g/mol. The van der Waals surface area contributed by atoms with Gasteiger partial charge in [-0.1, -0.05) is 13.8 Å². The van der Waals surface area contributed by atoms with Crippen LogP contribution in [0.3, 0.4) is 0 Å². The number of rotatable bonds is 4. The highest BCUT2D eigenvalue weighted by Gasteiger charge is 2.24. The summed E-state index contributed by atoms with van der Waals surface area (Å²) in [5.41, 5.74) is 0.400. The Morgan fingerprint density at radius 3 is 2.61 bits per heavy atom. The van der Waals surface area contributed by atoms with Gasteiger partial charge in [0.2, 0.25) is 5.89 Å².